The number of aromatic nitrogens is 1. The van der Waals surface area contributed by atoms with Crippen molar-refractivity contribution in [3.63, 3.8) is 0 Å². The van der Waals surface area contributed by atoms with E-state index in [-0.39, 0.29) is 30.0 Å². The molecule has 1 aromatic carbocycles. The third-order valence-electron chi connectivity index (χ3n) is 4.92. The van der Waals surface area contributed by atoms with Gasteiger partial charge < -0.3 is 20.1 Å². The number of pyridine rings is 1. The van der Waals surface area contributed by atoms with Crippen molar-refractivity contribution in [2.75, 3.05) is 46.5 Å². The Morgan fingerprint density at radius 3 is 2.57 bits per heavy atom. The molecule has 30 heavy (non-hydrogen) atoms. The van der Waals surface area contributed by atoms with Crippen molar-refractivity contribution in [3.05, 3.63) is 59.9 Å². The van der Waals surface area contributed by atoms with E-state index >= 15 is 0 Å². The summed E-state index contributed by atoms with van der Waals surface area (Å²) in [6, 6.07) is 14.4. The molecule has 0 radical (unpaired) electrons. The predicted molar refractivity (Wildman–Crippen MR) is 131 cm³/mol. The fourth-order valence-corrected chi connectivity index (χ4v) is 3.36. The first-order valence-corrected chi connectivity index (χ1v) is 10.2. The van der Waals surface area contributed by atoms with E-state index in [4.69, 9.17) is 14.5 Å². The van der Waals surface area contributed by atoms with Crippen LogP contribution in [0.1, 0.15) is 24.2 Å². The molecule has 2 heterocycles. The number of rotatable bonds is 8. The van der Waals surface area contributed by atoms with E-state index in [2.05, 4.69) is 39.6 Å². The molecular weight excluding hydrogens is 493 g/mol. The minimum absolute atomic E-state index is 0. The molecule has 164 valence electrons. The minimum Gasteiger partial charge on any atom is -0.497 e. The van der Waals surface area contributed by atoms with Crippen LogP contribution in [0.15, 0.2) is 53.7 Å². The molecule has 0 saturated carbocycles. The van der Waals surface area contributed by atoms with Crippen molar-refractivity contribution in [2.45, 2.75) is 19.5 Å². The highest BCUT2D eigenvalue weighted by molar-refractivity contribution is 14.0. The maximum Gasteiger partial charge on any atom is 0.191 e. The molecule has 1 unspecified atom stereocenters. The predicted octanol–water partition coefficient (Wildman–Crippen LogP) is 2.84. The van der Waals surface area contributed by atoms with Crippen molar-refractivity contribution in [3.8, 4) is 5.75 Å². The second-order valence-electron chi connectivity index (χ2n) is 6.83. The summed E-state index contributed by atoms with van der Waals surface area (Å²) in [7, 11) is 1.69. The molecular formula is C22H32IN5O2. The summed E-state index contributed by atoms with van der Waals surface area (Å²) in [6.45, 7) is 7.53. The summed E-state index contributed by atoms with van der Waals surface area (Å²) in [6.07, 6.45) is 1.79. The first kappa shape index (κ1) is 24.4. The molecule has 2 N–H and O–H groups in total. The smallest absolute Gasteiger partial charge is 0.191 e. The van der Waals surface area contributed by atoms with Gasteiger partial charge in [-0.15, -0.1) is 24.0 Å². The lowest BCUT2D eigenvalue weighted by Crippen LogP contribution is -2.46. The van der Waals surface area contributed by atoms with Crippen LogP contribution in [0.4, 0.5) is 0 Å². The van der Waals surface area contributed by atoms with E-state index in [9.17, 15) is 0 Å². The van der Waals surface area contributed by atoms with Gasteiger partial charge in [0.05, 0.1) is 38.6 Å². The lowest BCUT2D eigenvalue weighted by Gasteiger charge is -2.35. The number of nitrogens with zero attached hydrogens (tertiary/aromatic N) is 3. The minimum atomic E-state index is 0. The molecule has 3 rings (SSSR count). The van der Waals surface area contributed by atoms with Crippen molar-refractivity contribution in [2.24, 2.45) is 4.99 Å². The molecule has 1 aromatic heterocycles. The Labute approximate surface area is 196 Å². The van der Waals surface area contributed by atoms with Gasteiger partial charge in [0.25, 0.3) is 0 Å². The summed E-state index contributed by atoms with van der Waals surface area (Å²) in [5.41, 5.74) is 2.20. The molecule has 1 aliphatic rings. The van der Waals surface area contributed by atoms with Gasteiger partial charge in [-0.1, -0.05) is 18.2 Å². The Morgan fingerprint density at radius 1 is 1.17 bits per heavy atom. The van der Waals surface area contributed by atoms with E-state index in [0.717, 1.165) is 56.8 Å². The van der Waals surface area contributed by atoms with Gasteiger partial charge in [0, 0.05) is 32.4 Å². The first-order valence-electron chi connectivity index (χ1n) is 10.2. The monoisotopic (exact) mass is 525 g/mol. The van der Waals surface area contributed by atoms with Crippen LogP contribution in [0, 0.1) is 0 Å². The Kier molecular flexibility index (Phi) is 10.9. The highest BCUT2D eigenvalue weighted by Crippen LogP contribution is 2.23. The molecule has 1 atom stereocenters. The molecule has 0 spiro atoms. The maximum atomic E-state index is 5.55. The number of morpholine rings is 1. The molecule has 0 aliphatic carbocycles. The first-order chi connectivity index (χ1) is 14.3. The summed E-state index contributed by atoms with van der Waals surface area (Å²) >= 11 is 0. The van der Waals surface area contributed by atoms with Crippen LogP contribution in [0.3, 0.4) is 0 Å². The summed E-state index contributed by atoms with van der Waals surface area (Å²) in [5, 5.41) is 6.84. The number of ether oxygens (including phenoxy) is 2. The number of halogens is 1. The lowest BCUT2D eigenvalue weighted by molar-refractivity contribution is 0.0170. The van der Waals surface area contributed by atoms with Gasteiger partial charge in [-0.2, -0.15) is 0 Å². The molecule has 0 amide bonds. The standard InChI is InChI=1S/C22H31N5O2.HI/c1-3-23-22(25-16-19-6-4-5-11-24-19)26-17-21(27-12-14-29-15-13-27)18-7-9-20(28-2)10-8-18;/h4-11,21H,3,12-17H2,1-2H3,(H2,23,25,26);1H. The lowest BCUT2D eigenvalue weighted by atomic mass is 10.0. The maximum absolute atomic E-state index is 5.55. The largest absolute Gasteiger partial charge is 0.497 e. The fraction of sp³-hybridized carbons (Fsp3) is 0.455. The van der Waals surface area contributed by atoms with Gasteiger partial charge >= 0.3 is 0 Å². The second kappa shape index (κ2) is 13.4. The molecule has 1 aliphatic heterocycles. The van der Waals surface area contributed by atoms with Crippen molar-refractivity contribution in [1.29, 1.82) is 0 Å². The number of hydrogen-bond acceptors (Lipinski definition) is 5. The van der Waals surface area contributed by atoms with Crippen LogP contribution >= 0.6 is 24.0 Å². The highest BCUT2D eigenvalue weighted by atomic mass is 127. The summed E-state index contributed by atoms with van der Waals surface area (Å²) < 4.78 is 10.9. The molecule has 0 bridgehead atoms. The number of aliphatic imine (C=N–C) groups is 1. The normalized spacial score (nSPS) is 15.7. The molecule has 2 aromatic rings. The highest BCUT2D eigenvalue weighted by Gasteiger charge is 2.23. The van der Waals surface area contributed by atoms with E-state index in [1.54, 1.807) is 13.3 Å². The Morgan fingerprint density at radius 2 is 1.93 bits per heavy atom. The number of benzene rings is 1. The number of methoxy groups -OCH3 is 1. The Bertz CT molecular complexity index is 752. The average Bonchev–Trinajstić information content (AvgIpc) is 2.79. The van der Waals surface area contributed by atoms with Crippen molar-refractivity contribution in [1.82, 2.24) is 20.5 Å². The molecule has 7 nitrogen and oxygen atoms in total. The SMILES string of the molecule is CCNC(=NCc1ccccn1)NCC(c1ccc(OC)cc1)N1CCOCC1.I. The van der Waals surface area contributed by atoms with Crippen molar-refractivity contribution >= 4 is 29.9 Å². The van der Waals surface area contributed by atoms with Gasteiger partial charge in [-0.25, -0.2) is 4.99 Å². The van der Waals surface area contributed by atoms with E-state index < -0.39 is 0 Å². The number of hydrogen-bond donors (Lipinski definition) is 2. The zero-order valence-electron chi connectivity index (χ0n) is 17.7. The number of guanidine groups is 1. The van der Waals surface area contributed by atoms with Gasteiger partial charge in [0.15, 0.2) is 5.96 Å². The van der Waals surface area contributed by atoms with E-state index in [1.807, 2.05) is 30.3 Å². The average molecular weight is 525 g/mol. The van der Waals surface area contributed by atoms with Gasteiger partial charge in [-0.3, -0.25) is 9.88 Å². The molecule has 8 heteroatoms. The molecule has 1 saturated heterocycles. The van der Waals surface area contributed by atoms with Gasteiger partial charge in [-0.05, 0) is 36.8 Å². The Hall–Kier alpha value is -1.91. The zero-order valence-corrected chi connectivity index (χ0v) is 20.0. The second-order valence-corrected chi connectivity index (χ2v) is 6.83. The van der Waals surface area contributed by atoms with E-state index in [1.165, 1.54) is 5.56 Å². The summed E-state index contributed by atoms with van der Waals surface area (Å²) in [4.78, 5) is 11.5. The third-order valence-corrected chi connectivity index (χ3v) is 4.92. The van der Waals surface area contributed by atoms with Crippen LogP contribution in [0.25, 0.3) is 0 Å². The van der Waals surface area contributed by atoms with Crippen LogP contribution in [0.5, 0.6) is 5.75 Å². The van der Waals surface area contributed by atoms with Crippen LogP contribution in [-0.4, -0.2) is 62.3 Å². The quantitative estimate of drug-likeness (QED) is 0.314. The number of nitrogens with one attached hydrogen (secondary N) is 2. The van der Waals surface area contributed by atoms with Crippen molar-refractivity contribution < 1.29 is 9.47 Å². The third kappa shape index (κ3) is 7.41. The van der Waals surface area contributed by atoms with E-state index in [0.29, 0.717) is 6.54 Å². The van der Waals surface area contributed by atoms with Gasteiger partial charge in [0.1, 0.15) is 5.75 Å². The topological polar surface area (TPSA) is 71.0 Å². The molecule has 1 fully saturated rings. The fourth-order valence-electron chi connectivity index (χ4n) is 3.36. The van der Waals surface area contributed by atoms with Crippen LogP contribution in [-0.2, 0) is 11.3 Å². The van der Waals surface area contributed by atoms with Crippen LogP contribution in [0.2, 0.25) is 0 Å². The zero-order chi connectivity index (χ0) is 20.3. The Balaban J connectivity index is 0.00000320. The van der Waals surface area contributed by atoms with Crippen LogP contribution < -0.4 is 15.4 Å². The van der Waals surface area contributed by atoms with Gasteiger partial charge in [0.2, 0.25) is 0 Å². The summed E-state index contributed by atoms with van der Waals surface area (Å²) in [5.74, 6) is 1.66.